The number of benzene rings is 1. The van der Waals surface area contributed by atoms with Gasteiger partial charge in [-0.1, -0.05) is 12.1 Å². The van der Waals surface area contributed by atoms with Gasteiger partial charge in [-0.05, 0) is 37.8 Å². The largest absolute Gasteiger partial charge is 0.496 e. The topological polar surface area (TPSA) is 102 Å². The second-order valence-electron chi connectivity index (χ2n) is 6.58. The van der Waals surface area contributed by atoms with Gasteiger partial charge in [0.15, 0.2) is 6.61 Å². The summed E-state index contributed by atoms with van der Waals surface area (Å²) in [6.45, 7) is 0.649. The van der Waals surface area contributed by atoms with Crippen molar-refractivity contribution < 1.29 is 28.7 Å². The highest BCUT2D eigenvalue weighted by molar-refractivity contribution is 6.09. The third-order valence-corrected chi connectivity index (χ3v) is 4.75. The number of ether oxygens (including phenoxy) is 2. The van der Waals surface area contributed by atoms with Crippen LogP contribution >= 0.6 is 0 Å². The molecule has 138 valence electrons. The molecule has 1 aromatic carbocycles. The van der Waals surface area contributed by atoms with Crippen LogP contribution in [0.3, 0.4) is 0 Å². The molecule has 1 heterocycles. The Morgan fingerprint density at radius 1 is 1.27 bits per heavy atom. The van der Waals surface area contributed by atoms with Crippen molar-refractivity contribution in [2.75, 3.05) is 20.3 Å². The van der Waals surface area contributed by atoms with E-state index in [9.17, 15) is 19.2 Å². The number of carbonyl (C=O) groups is 4. The van der Waals surface area contributed by atoms with Gasteiger partial charge < -0.3 is 14.8 Å². The Bertz CT molecular complexity index is 773. The minimum absolute atomic E-state index is 0.104. The van der Waals surface area contributed by atoms with Gasteiger partial charge in [-0.15, -0.1) is 0 Å². The summed E-state index contributed by atoms with van der Waals surface area (Å²) in [5.74, 6) is -1.21. The lowest BCUT2D eigenvalue weighted by molar-refractivity contribution is -0.146. The molecule has 0 bridgehead atoms. The summed E-state index contributed by atoms with van der Waals surface area (Å²) in [5, 5.41) is 2.65. The lowest BCUT2D eigenvalue weighted by Gasteiger charge is -2.20. The molecule has 0 aromatic heterocycles. The molecule has 8 heteroatoms. The molecule has 1 saturated carbocycles. The van der Waals surface area contributed by atoms with E-state index in [1.54, 1.807) is 31.2 Å². The van der Waals surface area contributed by atoms with Crippen molar-refractivity contribution in [3.63, 3.8) is 0 Å². The standard InChI is InChI=1S/C18H20N2O6/c1-18(11-7-8-11)16(23)20(17(24)19-18)9-15(22)26-10-13(21)12-5-3-4-6-14(12)25-2/h3-6,11H,7-10H2,1-2H3,(H,19,24)/t18-/m1/s1. The molecule has 1 atom stereocenters. The second-order valence-corrected chi connectivity index (χ2v) is 6.58. The molecule has 2 aliphatic rings. The number of amides is 3. The van der Waals surface area contributed by atoms with E-state index in [0.717, 1.165) is 17.7 Å². The number of urea groups is 1. The summed E-state index contributed by atoms with van der Waals surface area (Å²) in [5.41, 5.74) is -0.663. The Labute approximate surface area is 150 Å². The van der Waals surface area contributed by atoms with Gasteiger partial charge in [0.1, 0.15) is 17.8 Å². The zero-order chi connectivity index (χ0) is 18.9. The lowest BCUT2D eigenvalue weighted by atomic mass is 9.96. The molecule has 3 amide bonds. The highest BCUT2D eigenvalue weighted by Crippen LogP contribution is 2.42. The van der Waals surface area contributed by atoms with Crippen molar-refractivity contribution in [3.05, 3.63) is 29.8 Å². The maximum absolute atomic E-state index is 12.4. The molecule has 1 aliphatic carbocycles. The molecular weight excluding hydrogens is 340 g/mol. The molecule has 1 aromatic rings. The Balaban J connectivity index is 1.57. The Hall–Kier alpha value is -2.90. The lowest BCUT2D eigenvalue weighted by Crippen LogP contribution is -2.46. The normalized spacial score (nSPS) is 22.2. The van der Waals surface area contributed by atoms with Gasteiger partial charge in [-0.2, -0.15) is 0 Å². The Morgan fingerprint density at radius 2 is 1.96 bits per heavy atom. The fraction of sp³-hybridized carbons (Fsp3) is 0.444. The molecule has 8 nitrogen and oxygen atoms in total. The molecule has 2 fully saturated rings. The number of methoxy groups -OCH3 is 1. The maximum Gasteiger partial charge on any atom is 0.326 e. The fourth-order valence-corrected chi connectivity index (χ4v) is 3.07. The number of ketones is 1. The van der Waals surface area contributed by atoms with E-state index in [4.69, 9.17) is 9.47 Å². The van der Waals surface area contributed by atoms with Crippen LogP contribution in [0.2, 0.25) is 0 Å². The van der Waals surface area contributed by atoms with Crippen molar-refractivity contribution in [3.8, 4) is 5.75 Å². The van der Waals surface area contributed by atoms with Crippen LogP contribution in [0.4, 0.5) is 4.79 Å². The van der Waals surface area contributed by atoms with Crippen molar-refractivity contribution in [1.29, 1.82) is 0 Å². The summed E-state index contributed by atoms with van der Waals surface area (Å²) < 4.78 is 10.0. The number of nitrogens with zero attached hydrogens (tertiary/aromatic N) is 1. The highest BCUT2D eigenvalue weighted by Gasteiger charge is 2.56. The average molecular weight is 360 g/mol. The molecule has 1 saturated heterocycles. The van der Waals surface area contributed by atoms with Crippen molar-refractivity contribution in [2.45, 2.75) is 25.3 Å². The van der Waals surface area contributed by atoms with Gasteiger partial charge in [0.2, 0.25) is 5.78 Å². The Morgan fingerprint density at radius 3 is 2.62 bits per heavy atom. The van der Waals surface area contributed by atoms with Gasteiger partial charge in [-0.25, -0.2) is 4.79 Å². The van der Waals surface area contributed by atoms with Crippen LogP contribution in [0.25, 0.3) is 0 Å². The van der Waals surface area contributed by atoms with Crippen LogP contribution in [0.1, 0.15) is 30.1 Å². The molecule has 1 aliphatic heterocycles. The van der Waals surface area contributed by atoms with E-state index in [1.165, 1.54) is 7.11 Å². The molecule has 0 spiro atoms. The van der Waals surface area contributed by atoms with Crippen molar-refractivity contribution >= 4 is 23.7 Å². The number of hydrogen-bond donors (Lipinski definition) is 1. The van der Waals surface area contributed by atoms with Crippen LogP contribution < -0.4 is 10.1 Å². The number of rotatable bonds is 7. The second kappa shape index (κ2) is 6.78. The van der Waals surface area contributed by atoms with E-state index >= 15 is 0 Å². The molecule has 1 N–H and O–H groups in total. The SMILES string of the molecule is COc1ccccc1C(=O)COC(=O)CN1C(=O)N[C@](C)(C2CC2)C1=O. The van der Waals surface area contributed by atoms with Crippen LogP contribution in [-0.2, 0) is 14.3 Å². The number of para-hydroxylation sites is 1. The smallest absolute Gasteiger partial charge is 0.326 e. The first kappa shape index (κ1) is 17.9. The molecule has 26 heavy (non-hydrogen) atoms. The first-order valence-electron chi connectivity index (χ1n) is 8.32. The quantitative estimate of drug-likeness (QED) is 0.444. The molecular formula is C18H20N2O6. The summed E-state index contributed by atoms with van der Waals surface area (Å²) in [6, 6.07) is 5.96. The predicted molar refractivity (Wildman–Crippen MR) is 89.7 cm³/mol. The number of esters is 1. The summed E-state index contributed by atoms with van der Waals surface area (Å²) in [7, 11) is 1.44. The van der Waals surface area contributed by atoms with E-state index in [2.05, 4.69) is 5.32 Å². The zero-order valence-electron chi connectivity index (χ0n) is 14.6. The first-order valence-corrected chi connectivity index (χ1v) is 8.32. The van der Waals surface area contributed by atoms with Gasteiger partial charge in [0.05, 0.1) is 12.7 Å². The van der Waals surface area contributed by atoms with E-state index in [-0.39, 0.29) is 5.92 Å². The monoisotopic (exact) mass is 360 g/mol. The van der Waals surface area contributed by atoms with Crippen molar-refractivity contribution in [1.82, 2.24) is 10.2 Å². The number of nitrogens with one attached hydrogen (secondary N) is 1. The van der Waals surface area contributed by atoms with Gasteiger partial charge in [0, 0.05) is 0 Å². The van der Waals surface area contributed by atoms with Crippen LogP contribution in [-0.4, -0.2) is 54.4 Å². The number of hydrogen-bond acceptors (Lipinski definition) is 6. The molecule has 3 rings (SSSR count). The summed E-state index contributed by atoms with van der Waals surface area (Å²) >= 11 is 0. The van der Waals surface area contributed by atoms with E-state index in [0.29, 0.717) is 11.3 Å². The maximum atomic E-state index is 12.4. The first-order chi connectivity index (χ1) is 12.4. The summed E-state index contributed by atoms with van der Waals surface area (Å²) in [4.78, 5) is 49.5. The predicted octanol–water partition coefficient (Wildman–Crippen LogP) is 1.14. The van der Waals surface area contributed by atoms with Crippen LogP contribution in [0.5, 0.6) is 5.75 Å². The van der Waals surface area contributed by atoms with E-state index in [1.807, 2.05) is 0 Å². The van der Waals surface area contributed by atoms with Gasteiger partial charge in [0.25, 0.3) is 5.91 Å². The Kier molecular flexibility index (Phi) is 4.67. The summed E-state index contributed by atoms with van der Waals surface area (Å²) in [6.07, 6.45) is 1.74. The number of Topliss-reactive ketones (excluding diaryl/α,β-unsaturated/α-hetero) is 1. The number of carbonyl (C=O) groups excluding carboxylic acids is 4. The van der Waals surface area contributed by atoms with E-state index < -0.39 is 42.4 Å². The number of imide groups is 1. The highest BCUT2D eigenvalue weighted by atomic mass is 16.5. The third-order valence-electron chi connectivity index (χ3n) is 4.75. The van der Waals surface area contributed by atoms with Crippen molar-refractivity contribution in [2.24, 2.45) is 5.92 Å². The third kappa shape index (κ3) is 3.26. The average Bonchev–Trinajstić information content (AvgIpc) is 3.46. The van der Waals surface area contributed by atoms with Crippen LogP contribution in [0.15, 0.2) is 24.3 Å². The van der Waals surface area contributed by atoms with Gasteiger partial charge in [-0.3, -0.25) is 19.3 Å². The minimum atomic E-state index is -0.954. The van der Waals surface area contributed by atoms with Gasteiger partial charge >= 0.3 is 12.0 Å². The fourth-order valence-electron chi connectivity index (χ4n) is 3.07. The van der Waals surface area contributed by atoms with Crippen LogP contribution in [0, 0.1) is 5.92 Å². The molecule has 0 radical (unpaired) electrons. The minimum Gasteiger partial charge on any atom is -0.496 e. The zero-order valence-corrected chi connectivity index (χ0v) is 14.6. The molecule has 0 unspecified atom stereocenters.